The number of carbonyl (C=O) groups is 2. The van der Waals surface area contributed by atoms with Gasteiger partial charge in [-0.1, -0.05) is 36.4 Å². The van der Waals surface area contributed by atoms with E-state index in [9.17, 15) is 9.59 Å². The predicted octanol–water partition coefficient (Wildman–Crippen LogP) is 5.18. The summed E-state index contributed by atoms with van der Waals surface area (Å²) >= 11 is 0. The Balaban J connectivity index is 1.96. The molecule has 3 aromatic carbocycles. The van der Waals surface area contributed by atoms with Gasteiger partial charge < -0.3 is 9.84 Å². The van der Waals surface area contributed by atoms with E-state index in [1.807, 2.05) is 38.1 Å². The van der Waals surface area contributed by atoms with Crippen LogP contribution in [0, 0.1) is 13.8 Å². The number of ketones is 1. The van der Waals surface area contributed by atoms with E-state index in [-0.39, 0.29) is 11.4 Å². The zero-order chi connectivity index (χ0) is 20.4. The maximum atomic E-state index is 12.9. The van der Waals surface area contributed by atoms with Crippen LogP contribution in [-0.2, 0) is 4.79 Å². The lowest BCUT2D eigenvalue weighted by atomic mass is 9.95. The zero-order valence-electron chi connectivity index (χ0n) is 16.4. The highest BCUT2D eigenvalue weighted by Crippen LogP contribution is 2.31. The molecule has 0 saturated heterocycles. The van der Waals surface area contributed by atoms with Crippen molar-refractivity contribution in [2.75, 3.05) is 7.11 Å². The summed E-state index contributed by atoms with van der Waals surface area (Å²) in [5, 5.41) is 11.1. The summed E-state index contributed by atoms with van der Waals surface area (Å²) in [7, 11) is 1.66. The molecule has 0 aliphatic carbocycles. The van der Waals surface area contributed by atoms with E-state index < -0.39 is 5.97 Å². The molecule has 0 unspecified atom stereocenters. The van der Waals surface area contributed by atoms with Crippen molar-refractivity contribution in [1.29, 1.82) is 0 Å². The highest BCUT2D eigenvalue weighted by Gasteiger charge is 2.13. The minimum absolute atomic E-state index is 0.0692. The number of carboxylic acid groups (broad SMARTS) is 1. The minimum atomic E-state index is -0.960. The Kier molecular flexibility index (Phi) is 5.32. The Morgan fingerprint density at radius 1 is 0.929 bits per heavy atom. The van der Waals surface area contributed by atoms with Crippen LogP contribution in [0.4, 0.5) is 0 Å². The second-order valence-corrected chi connectivity index (χ2v) is 6.86. The van der Waals surface area contributed by atoms with Crippen LogP contribution in [0.25, 0.3) is 16.8 Å². The molecule has 28 heavy (non-hydrogen) atoms. The number of aliphatic carboxylic acids is 1. The smallest absolute Gasteiger partial charge is 0.331 e. The first kappa shape index (κ1) is 19.4. The van der Waals surface area contributed by atoms with Gasteiger partial charge in [0.2, 0.25) is 0 Å². The fraction of sp³-hybridized carbons (Fsp3) is 0.167. The Morgan fingerprint density at radius 2 is 1.57 bits per heavy atom. The quantitative estimate of drug-likeness (QED) is 0.493. The number of methoxy groups -OCH3 is 1. The SMILES string of the molecule is COc1cc(C)c2cc(C(=O)c3ccc(C=C(C)C(=O)O)cc3)ccc2c1C. The number of benzene rings is 3. The molecule has 0 amide bonds. The average molecular weight is 374 g/mol. The third kappa shape index (κ3) is 3.67. The lowest BCUT2D eigenvalue weighted by Crippen LogP contribution is -2.02. The van der Waals surface area contributed by atoms with Crippen LogP contribution in [0.1, 0.15) is 39.5 Å². The van der Waals surface area contributed by atoms with Crippen molar-refractivity contribution < 1.29 is 19.4 Å². The largest absolute Gasteiger partial charge is 0.496 e. The summed E-state index contributed by atoms with van der Waals surface area (Å²) in [4.78, 5) is 23.8. The Labute approximate surface area is 164 Å². The van der Waals surface area contributed by atoms with Crippen LogP contribution in [0.3, 0.4) is 0 Å². The summed E-state index contributed by atoms with van der Waals surface area (Å²) in [6.45, 7) is 5.55. The molecule has 0 atom stereocenters. The molecule has 1 N–H and O–H groups in total. The summed E-state index contributed by atoms with van der Waals surface area (Å²) in [5.74, 6) is -0.191. The van der Waals surface area contributed by atoms with E-state index in [0.29, 0.717) is 11.1 Å². The molecule has 4 nitrogen and oxygen atoms in total. The van der Waals surface area contributed by atoms with E-state index in [1.165, 1.54) is 6.92 Å². The number of fused-ring (bicyclic) bond motifs is 1. The first-order valence-corrected chi connectivity index (χ1v) is 8.96. The maximum absolute atomic E-state index is 12.9. The normalized spacial score (nSPS) is 11.5. The van der Waals surface area contributed by atoms with Gasteiger partial charge >= 0.3 is 5.97 Å². The fourth-order valence-corrected chi connectivity index (χ4v) is 3.28. The summed E-state index contributed by atoms with van der Waals surface area (Å²) < 4.78 is 5.43. The van der Waals surface area contributed by atoms with E-state index in [4.69, 9.17) is 9.84 Å². The lowest BCUT2D eigenvalue weighted by Gasteiger charge is -2.12. The Hall–Kier alpha value is -3.40. The van der Waals surface area contributed by atoms with Gasteiger partial charge in [0.05, 0.1) is 7.11 Å². The van der Waals surface area contributed by atoms with Crippen LogP contribution in [-0.4, -0.2) is 24.0 Å². The van der Waals surface area contributed by atoms with Crippen LogP contribution < -0.4 is 4.74 Å². The third-order valence-corrected chi connectivity index (χ3v) is 4.94. The summed E-state index contributed by atoms with van der Waals surface area (Å²) in [6, 6.07) is 14.6. The van der Waals surface area contributed by atoms with E-state index in [1.54, 1.807) is 37.5 Å². The van der Waals surface area contributed by atoms with E-state index in [0.717, 1.165) is 33.2 Å². The van der Waals surface area contributed by atoms with Gasteiger partial charge in [-0.05, 0) is 66.4 Å². The van der Waals surface area contributed by atoms with Crippen molar-refractivity contribution in [2.45, 2.75) is 20.8 Å². The molecular formula is C24H22O4. The number of aryl methyl sites for hydroxylation is 2. The van der Waals surface area contributed by atoms with Gasteiger partial charge in [0, 0.05) is 16.7 Å². The van der Waals surface area contributed by atoms with E-state index >= 15 is 0 Å². The zero-order valence-corrected chi connectivity index (χ0v) is 16.4. The monoisotopic (exact) mass is 374 g/mol. The number of ether oxygens (including phenoxy) is 1. The molecule has 0 radical (unpaired) electrons. The molecule has 0 aliphatic heterocycles. The fourth-order valence-electron chi connectivity index (χ4n) is 3.28. The Bertz CT molecular complexity index is 1110. The molecule has 4 heteroatoms. The predicted molar refractivity (Wildman–Crippen MR) is 111 cm³/mol. The van der Waals surface area contributed by atoms with Crippen molar-refractivity contribution in [1.82, 2.24) is 0 Å². The molecule has 3 rings (SSSR count). The van der Waals surface area contributed by atoms with Gasteiger partial charge in [-0.3, -0.25) is 4.79 Å². The molecular weight excluding hydrogens is 352 g/mol. The molecule has 142 valence electrons. The second kappa shape index (κ2) is 7.69. The molecule has 0 aliphatic rings. The molecule has 0 spiro atoms. The second-order valence-electron chi connectivity index (χ2n) is 6.86. The first-order valence-electron chi connectivity index (χ1n) is 8.96. The number of hydrogen-bond donors (Lipinski definition) is 1. The number of hydrogen-bond acceptors (Lipinski definition) is 3. The summed E-state index contributed by atoms with van der Waals surface area (Å²) in [5.41, 5.74) is 4.27. The lowest BCUT2D eigenvalue weighted by molar-refractivity contribution is -0.132. The molecule has 0 heterocycles. The minimum Gasteiger partial charge on any atom is -0.496 e. The molecule has 0 bridgehead atoms. The highest BCUT2D eigenvalue weighted by atomic mass is 16.5. The van der Waals surface area contributed by atoms with Crippen LogP contribution >= 0.6 is 0 Å². The number of carboxylic acids is 1. The average Bonchev–Trinajstić information content (AvgIpc) is 2.70. The van der Waals surface area contributed by atoms with E-state index in [2.05, 4.69) is 0 Å². The van der Waals surface area contributed by atoms with Gasteiger partial charge in [0.1, 0.15) is 5.75 Å². The molecule has 0 saturated carbocycles. The van der Waals surface area contributed by atoms with Gasteiger partial charge in [-0.25, -0.2) is 4.79 Å². The van der Waals surface area contributed by atoms with Crippen molar-refractivity contribution in [3.8, 4) is 5.75 Å². The van der Waals surface area contributed by atoms with Crippen molar-refractivity contribution in [3.63, 3.8) is 0 Å². The van der Waals surface area contributed by atoms with Crippen molar-refractivity contribution in [2.24, 2.45) is 0 Å². The Morgan fingerprint density at radius 3 is 2.18 bits per heavy atom. The molecule has 0 fully saturated rings. The van der Waals surface area contributed by atoms with Crippen LogP contribution in [0.2, 0.25) is 0 Å². The maximum Gasteiger partial charge on any atom is 0.331 e. The van der Waals surface area contributed by atoms with Crippen molar-refractivity contribution >= 4 is 28.6 Å². The highest BCUT2D eigenvalue weighted by molar-refractivity contribution is 6.11. The van der Waals surface area contributed by atoms with Crippen LogP contribution in [0.5, 0.6) is 5.75 Å². The first-order chi connectivity index (χ1) is 13.3. The molecule has 0 aromatic heterocycles. The number of carbonyl (C=O) groups excluding carboxylic acids is 1. The third-order valence-electron chi connectivity index (χ3n) is 4.94. The standard InChI is InChI=1S/C24H22O4/c1-14-12-22(28-4)16(3)20-10-9-19(13-21(14)20)23(25)18-7-5-17(6-8-18)11-15(2)24(26)27/h5-13H,1-4H3,(H,26,27). The number of rotatable bonds is 5. The summed E-state index contributed by atoms with van der Waals surface area (Å²) in [6.07, 6.45) is 1.58. The van der Waals surface area contributed by atoms with Gasteiger partial charge in [0.25, 0.3) is 0 Å². The molecule has 3 aromatic rings. The van der Waals surface area contributed by atoms with Gasteiger partial charge in [-0.2, -0.15) is 0 Å². The van der Waals surface area contributed by atoms with Crippen molar-refractivity contribution in [3.05, 3.63) is 81.9 Å². The van der Waals surface area contributed by atoms with Crippen LogP contribution in [0.15, 0.2) is 54.1 Å². The van der Waals surface area contributed by atoms with Gasteiger partial charge in [0.15, 0.2) is 5.78 Å². The van der Waals surface area contributed by atoms with Gasteiger partial charge in [-0.15, -0.1) is 0 Å². The topological polar surface area (TPSA) is 63.6 Å².